The second-order valence-electron chi connectivity index (χ2n) is 3.73. The van der Waals surface area contributed by atoms with E-state index in [4.69, 9.17) is 4.42 Å². The molecule has 4 aromatic rings. The molecule has 4 heterocycles. The zero-order valence-corrected chi connectivity index (χ0v) is 8.66. The summed E-state index contributed by atoms with van der Waals surface area (Å²) in [6, 6.07) is 5.69. The molecule has 4 aromatic heterocycles. The van der Waals surface area contributed by atoms with Gasteiger partial charge in [0.1, 0.15) is 11.8 Å². The largest absolute Gasteiger partial charge is 0.436 e. The zero-order valence-electron chi connectivity index (χ0n) is 8.66. The van der Waals surface area contributed by atoms with Gasteiger partial charge in [0.15, 0.2) is 11.2 Å². The lowest BCUT2D eigenvalue weighted by molar-refractivity contribution is 0.654. The Morgan fingerprint density at radius 3 is 3.18 bits per heavy atom. The van der Waals surface area contributed by atoms with Crippen molar-refractivity contribution in [2.45, 2.75) is 0 Å². The fourth-order valence-corrected chi connectivity index (χ4v) is 1.93. The Hall–Kier alpha value is -2.56. The molecule has 0 aliphatic heterocycles. The first-order valence-corrected chi connectivity index (χ1v) is 5.16. The number of rotatable bonds is 0. The molecule has 0 N–H and O–H groups in total. The van der Waals surface area contributed by atoms with Crippen LogP contribution < -0.4 is 0 Å². The van der Waals surface area contributed by atoms with Crippen molar-refractivity contribution in [2.75, 3.05) is 0 Å². The van der Waals surface area contributed by atoms with Crippen LogP contribution in [0.5, 0.6) is 0 Å². The van der Waals surface area contributed by atoms with Gasteiger partial charge < -0.3 is 4.42 Å². The molecule has 0 unspecified atom stereocenters. The van der Waals surface area contributed by atoms with Crippen LogP contribution in [0, 0.1) is 0 Å². The van der Waals surface area contributed by atoms with Crippen molar-refractivity contribution in [3.05, 3.63) is 36.9 Å². The predicted octanol–water partition coefficient (Wildman–Crippen LogP) is 2.32. The van der Waals surface area contributed by atoms with E-state index in [0.29, 0.717) is 16.9 Å². The summed E-state index contributed by atoms with van der Waals surface area (Å²) in [5.41, 5.74) is 2.76. The summed E-state index contributed by atoms with van der Waals surface area (Å²) < 4.78 is 5.63. The molecule has 5 heteroatoms. The first-order chi connectivity index (χ1) is 8.42. The molecule has 80 valence electrons. The SMILES string of the molecule is c1cnc2oc3cc4cncnc4nc3c2c1. The van der Waals surface area contributed by atoms with Gasteiger partial charge in [-0.25, -0.2) is 19.9 Å². The van der Waals surface area contributed by atoms with Crippen molar-refractivity contribution in [2.24, 2.45) is 0 Å². The molecule has 0 atom stereocenters. The van der Waals surface area contributed by atoms with Crippen LogP contribution in [0.15, 0.2) is 41.3 Å². The van der Waals surface area contributed by atoms with Gasteiger partial charge >= 0.3 is 0 Å². The quantitative estimate of drug-likeness (QED) is 0.456. The van der Waals surface area contributed by atoms with E-state index in [-0.39, 0.29) is 0 Å². The van der Waals surface area contributed by atoms with Crippen molar-refractivity contribution >= 4 is 33.2 Å². The van der Waals surface area contributed by atoms with Crippen molar-refractivity contribution < 1.29 is 4.42 Å². The number of fused-ring (bicyclic) bond motifs is 4. The summed E-state index contributed by atoms with van der Waals surface area (Å²) in [6.07, 6.45) is 4.90. The third-order valence-corrected chi connectivity index (χ3v) is 2.69. The summed E-state index contributed by atoms with van der Waals surface area (Å²) in [7, 11) is 0. The van der Waals surface area contributed by atoms with Crippen molar-refractivity contribution in [1.82, 2.24) is 19.9 Å². The predicted molar refractivity (Wildman–Crippen MR) is 62.4 cm³/mol. The van der Waals surface area contributed by atoms with Gasteiger partial charge in [-0.1, -0.05) is 0 Å². The van der Waals surface area contributed by atoms with Gasteiger partial charge in [-0.15, -0.1) is 0 Å². The maximum Gasteiger partial charge on any atom is 0.228 e. The minimum absolute atomic E-state index is 0.596. The van der Waals surface area contributed by atoms with E-state index in [1.807, 2.05) is 18.2 Å². The zero-order chi connectivity index (χ0) is 11.2. The minimum Gasteiger partial charge on any atom is -0.436 e. The van der Waals surface area contributed by atoms with Crippen LogP contribution in [0.3, 0.4) is 0 Å². The van der Waals surface area contributed by atoms with Crippen LogP contribution in [0.4, 0.5) is 0 Å². The molecule has 0 aliphatic rings. The molecule has 0 fully saturated rings. The third-order valence-electron chi connectivity index (χ3n) is 2.69. The van der Waals surface area contributed by atoms with E-state index >= 15 is 0 Å². The van der Waals surface area contributed by atoms with E-state index in [2.05, 4.69) is 19.9 Å². The summed E-state index contributed by atoms with van der Waals surface area (Å²) >= 11 is 0. The highest BCUT2D eigenvalue weighted by atomic mass is 16.3. The van der Waals surface area contributed by atoms with Crippen LogP contribution in [0.2, 0.25) is 0 Å². The van der Waals surface area contributed by atoms with Gasteiger partial charge in [-0.3, -0.25) is 0 Å². The summed E-state index contributed by atoms with van der Waals surface area (Å²) in [4.78, 5) is 16.7. The second kappa shape index (κ2) is 2.98. The van der Waals surface area contributed by atoms with E-state index in [1.54, 1.807) is 12.4 Å². The van der Waals surface area contributed by atoms with E-state index in [9.17, 15) is 0 Å². The first-order valence-electron chi connectivity index (χ1n) is 5.16. The average molecular weight is 222 g/mol. The van der Waals surface area contributed by atoms with Gasteiger partial charge in [0, 0.05) is 17.8 Å². The smallest absolute Gasteiger partial charge is 0.228 e. The maximum absolute atomic E-state index is 5.63. The van der Waals surface area contributed by atoms with Crippen LogP contribution in [-0.2, 0) is 0 Å². The number of nitrogens with zero attached hydrogens (tertiary/aromatic N) is 4. The molecule has 0 saturated carbocycles. The highest BCUT2D eigenvalue weighted by molar-refractivity contribution is 6.04. The minimum atomic E-state index is 0.596. The first kappa shape index (κ1) is 8.58. The molecule has 4 rings (SSSR count). The van der Waals surface area contributed by atoms with Gasteiger partial charge in [-0.2, -0.15) is 0 Å². The molecule has 0 radical (unpaired) electrons. The van der Waals surface area contributed by atoms with Crippen molar-refractivity contribution in [3.8, 4) is 0 Å². The van der Waals surface area contributed by atoms with E-state index < -0.39 is 0 Å². The third kappa shape index (κ3) is 1.13. The Morgan fingerprint density at radius 2 is 2.18 bits per heavy atom. The highest BCUT2D eigenvalue weighted by Crippen LogP contribution is 2.27. The average Bonchev–Trinajstić information content (AvgIpc) is 2.73. The molecule has 0 spiro atoms. The molecule has 0 saturated heterocycles. The van der Waals surface area contributed by atoms with Gasteiger partial charge in [0.05, 0.1) is 5.39 Å². The van der Waals surface area contributed by atoms with Crippen LogP contribution >= 0.6 is 0 Å². The Kier molecular flexibility index (Phi) is 1.50. The topological polar surface area (TPSA) is 64.7 Å². The fraction of sp³-hybridized carbons (Fsp3) is 0. The Balaban J connectivity index is 2.28. The number of hydrogen-bond acceptors (Lipinski definition) is 5. The molecule has 0 aliphatic carbocycles. The Morgan fingerprint density at radius 1 is 1.18 bits per heavy atom. The molecule has 17 heavy (non-hydrogen) atoms. The number of aromatic nitrogens is 4. The Bertz CT molecular complexity index is 847. The van der Waals surface area contributed by atoms with Gasteiger partial charge in [0.25, 0.3) is 0 Å². The lowest BCUT2D eigenvalue weighted by atomic mass is 10.2. The number of hydrogen-bond donors (Lipinski definition) is 0. The molecule has 0 bridgehead atoms. The molecular formula is C12H6N4O. The van der Waals surface area contributed by atoms with Gasteiger partial charge in [-0.05, 0) is 18.2 Å². The van der Waals surface area contributed by atoms with Crippen molar-refractivity contribution in [1.29, 1.82) is 0 Å². The molecule has 0 amide bonds. The number of pyridine rings is 2. The highest BCUT2D eigenvalue weighted by Gasteiger charge is 2.10. The van der Waals surface area contributed by atoms with Gasteiger partial charge in [0.2, 0.25) is 5.71 Å². The molecule has 0 aromatic carbocycles. The Labute approximate surface area is 95.1 Å². The normalized spacial score (nSPS) is 11.5. The fourth-order valence-electron chi connectivity index (χ4n) is 1.93. The summed E-state index contributed by atoms with van der Waals surface area (Å²) in [5.74, 6) is 0. The maximum atomic E-state index is 5.63. The van der Waals surface area contributed by atoms with E-state index in [1.165, 1.54) is 6.33 Å². The lowest BCUT2D eigenvalue weighted by Crippen LogP contribution is -1.84. The van der Waals surface area contributed by atoms with E-state index in [0.717, 1.165) is 16.3 Å². The van der Waals surface area contributed by atoms with Crippen LogP contribution in [0.25, 0.3) is 33.2 Å². The summed E-state index contributed by atoms with van der Waals surface area (Å²) in [5, 5.41) is 1.77. The summed E-state index contributed by atoms with van der Waals surface area (Å²) in [6.45, 7) is 0. The van der Waals surface area contributed by atoms with Crippen LogP contribution in [0.1, 0.15) is 0 Å². The standard InChI is InChI=1S/C12H6N4O/c1-2-8-10-9(17-12(8)14-3-1)4-7-5-13-6-15-11(7)16-10/h1-6H. The second-order valence-corrected chi connectivity index (χ2v) is 3.73. The van der Waals surface area contributed by atoms with Crippen molar-refractivity contribution in [3.63, 3.8) is 0 Å². The molecular weight excluding hydrogens is 216 g/mol. The lowest BCUT2D eigenvalue weighted by Gasteiger charge is -1.93. The number of furan rings is 1. The molecule has 5 nitrogen and oxygen atoms in total. The van der Waals surface area contributed by atoms with Crippen LogP contribution in [-0.4, -0.2) is 19.9 Å². The monoisotopic (exact) mass is 222 g/mol.